The Morgan fingerprint density at radius 2 is 1.32 bits per heavy atom. The van der Waals surface area contributed by atoms with Gasteiger partial charge in [0.05, 0.1) is 23.3 Å². The standard InChI is InChI=1S/C28H26O6/c1-13(2)33-23-10-15(5)9-18-25(23)22(31)12-19(27(18)32)24-16(6)11-17-20(29)7-8-21(30)26(17)28(24)34-14(3)4/h7-14H,1-6H3. The minimum atomic E-state index is -0.384. The molecule has 0 bridgehead atoms. The number of hydrogen-bond donors (Lipinski definition) is 0. The fraction of sp³-hybridized carbons (Fsp3) is 0.286. The highest BCUT2D eigenvalue weighted by Gasteiger charge is 2.35. The fourth-order valence-corrected chi connectivity index (χ4v) is 4.37. The van der Waals surface area contributed by atoms with Crippen molar-refractivity contribution >= 4 is 28.7 Å². The average Bonchev–Trinajstić information content (AvgIpc) is 2.72. The predicted molar refractivity (Wildman–Crippen MR) is 128 cm³/mol. The minimum Gasteiger partial charge on any atom is -0.490 e. The summed E-state index contributed by atoms with van der Waals surface area (Å²) in [6.45, 7) is 10.8. The van der Waals surface area contributed by atoms with Crippen LogP contribution < -0.4 is 9.47 Å². The molecule has 2 aliphatic rings. The van der Waals surface area contributed by atoms with Crippen LogP contribution in [0.3, 0.4) is 0 Å². The second-order valence-corrected chi connectivity index (χ2v) is 9.15. The summed E-state index contributed by atoms with van der Waals surface area (Å²) in [6, 6.07) is 5.00. The summed E-state index contributed by atoms with van der Waals surface area (Å²) in [5, 5.41) is 0. The van der Waals surface area contributed by atoms with E-state index in [1.807, 2.05) is 20.8 Å². The molecule has 2 aliphatic carbocycles. The number of allylic oxidation sites excluding steroid dienone is 4. The second-order valence-electron chi connectivity index (χ2n) is 9.15. The van der Waals surface area contributed by atoms with E-state index in [1.165, 1.54) is 18.2 Å². The van der Waals surface area contributed by atoms with Crippen molar-refractivity contribution in [1.29, 1.82) is 0 Å². The Labute approximate surface area is 198 Å². The lowest BCUT2D eigenvalue weighted by Gasteiger charge is -2.26. The van der Waals surface area contributed by atoms with E-state index >= 15 is 0 Å². The van der Waals surface area contributed by atoms with Crippen molar-refractivity contribution < 1.29 is 28.7 Å². The van der Waals surface area contributed by atoms with E-state index in [0.29, 0.717) is 16.9 Å². The van der Waals surface area contributed by atoms with Gasteiger partial charge in [0.1, 0.15) is 11.5 Å². The zero-order chi connectivity index (χ0) is 24.9. The first-order chi connectivity index (χ1) is 16.0. The number of ketones is 4. The molecule has 2 aromatic rings. The molecule has 0 fully saturated rings. The van der Waals surface area contributed by atoms with E-state index < -0.39 is 0 Å². The van der Waals surface area contributed by atoms with Gasteiger partial charge in [0.2, 0.25) is 0 Å². The Bertz CT molecular complexity index is 1340. The van der Waals surface area contributed by atoms with Gasteiger partial charge in [0.25, 0.3) is 0 Å². The van der Waals surface area contributed by atoms with E-state index in [2.05, 4.69) is 0 Å². The van der Waals surface area contributed by atoms with Crippen LogP contribution in [0.2, 0.25) is 0 Å². The molecule has 6 heteroatoms. The molecule has 0 saturated carbocycles. The van der Waals surface area contributed by atoms with Gasteiger partial charge in [-0.25, -0.2) is 0 Å². The highest BCUT2D eigenvalue weighted by molar-refractivity contribution is 6.40. The Balaban J connectivity index is 1.98. The number of carbonyl (C=O) groups excluding carboxylic acids is 4. The van der Waals surface area contributed by atoms with Crippen LogP contribution in [0.15, 0.2) is 36.4 Å². The van der Waals surface area contributed by atoms with Crippen LogP contribution in [0.1, 0.15) is 85.8 Å². The number of benzene rings is 2. The summed E-state index contributed by atoms with van der Waals surface area (Å²) < 4.78 is 11.9. The summed E-state index contributed by atoms with van der Waals surface area (Å²) >= 11 is 0. The van der Waals surface area contributed by atoms with E-state index in [0.717, 1.165) is 5.56 Å². The van der Waals surface area contributed by atoms with Gasteiger partial charge in [0, 0.05) is 22.3 Å². The first-order valence-corrected chi connectivity index (χ1v) is 11.2. The van der Waals surface area contributed by atoms with Crippen molar-refractivity contribution in [2.75, 3.05) is 0 Å². The molecule has 34 heavy (non-hydrogen) atoms. The molecule has 0 spiro atoms. The molecule has 0 unspecified atom stereocenters. The third kappa shape index (κ3) is 3.89. The second kappa shape index (κ2) is 8.52. The van der Waals surface area contributed by atoms with E-state index in [4.69, 9.17) is 9.47 Å². The van der Waals surface area contributed by atoms with Crippen LogP contribution in [0.25, 0.3) is 5.57 Å². The highest BCUT2D eigenvalue weighted by atomic mass is 16.5. The maximum absolute atomic E-state index is 13.8. The Kier molecular flexibility index (Phi) is 5.86. The quantitative estimate of drug-likeness (QED) is 0.606. The zero-order valence-electron chi connectivity index (χ0n) is 20.1. The van der Waals surface area contributed by atoms with Crippen LogP contribution >= 0.6 is 0 Å². The van der Waals surface area contributed by atoms with Crippen molar-refractivity contribution in [3.8, 4) is 11.5 Å². The molecule has 4 rings (SSSR count). The van der Waals surface area contributed by atoms with Crippen molar-refractivity contribution in [3.63, 3.8) is 0 Å². The Morgan fingerprint density at radius 3 is 1.97 bits per heavy atom. The van der Waals surface area contributed by atoms with Gasteiger partial charge in [-0.05, 0) is 89.1 Å². The third-order valence-electron chi connectivity index (χ3n) is 5.62. The molecule has 0 heterocycles. The molecule has 0 saturated heterocycles. The SMILES string of the molecule is Cc1cc(OC(C)C)c2c(c1)C(=O)C(c1c(C)cc3c(c1OC(C)C)C(=O)C=CC3=O)=CC2=O. The molecule has 0 aromatic heterocycles. The number of Topliss-reactive ketones (excluding diaryl/α,β-unsaturated/α-hetero) is 1. The van der Waals surface area contributed by atoms with Crippen molar-refractivity contribution in [1.82, 2.24) is 0 Å². The van der Waals surface area contributed by atoms with Crippen LogP contribution in [0, 0.1) is 13.8 Å². The average molecular weight is 459 g/mol. The maximum atomic E-state index is 13.8. The van der Waals surface area contributed by atoms with Crippen LogP contribution in [0.5, 0.6) is 11.5 Å². The lowest BCUT2D eigenvalue weighted by Crippen LogP contribution is -2.23. The number of ether oxygens (including phenoxy) is 2. The third-order valence-corrected chi connectivity index (χ3v) is 5.62. The molecular formula is C28H26O6. The highest BCUT2D eigenvalue weighted by Crippen LogP contribution is 2.42. The maximum Gasteiger partial charge on any atom is 0.194 e. The van der Waals surface area contributed by atoms with Gasteiger partial charge >= 0.3 is 0 Å². The number of carbonyl (C=O) groups is 4. The molecule has 0 atom stereocenters. The molecule has 6 nitrogen and oxygen atoms in total. The van der Waals surface area contributed by atoms with Gasteiger partial charge in [-0.2, -0.15) is 0 Å². The topological polar surface area (TPSA) is 86.7 Å². The van der Waals surface area contributed by atoms with Gasteiger partial charge in [-0.15, -0.1) is 0 Å². The molecule has 0 radical (unpaired) electrons. The summed E-state index contributed by atoms with van der Waals surface area (Å²) in [7, 11) is 0. The van der Waals surface area contributed by atoms with Crippen LogP contribution in [-0.4, -0.2) is 35.3 Å². The summed E-state index contributed by atoms with van der Waals surface area (Å²) in [6.07, 6.45) is 3.19. The van der Waals surface area contributed by atoms with Gasteiger partial charge in [-0.1, -0.05) is 0 Å². The van der Waals surface area contributed by atoms with Crippen molar-refractivity contribution in [3.05, 3.63) is 75.4 Å². The van der Waals surface area contributed by atoms with Crippen LogP contribution in [-0.2, 0) is 0 Å². The first-order valence-electron chi connectivity index (χ1n) is 11.2. The van der Waals surface area contributed by atoms with Crippen molar-refractivity contribution in [2.45, 2.75) is 53.8 Å². The first kappa shape index (κ1) is 23.4. The number of rotatable bonds is 5. The van der Waals surface area contributed by atoms with Gasteiger partial charge in [-0.3, -0.25) is 19.2 Å². The summed E-state index contributed by atoms with van der Waals surface area (Å²) in [5.74, 6) is -0.913. The normalized spacial score (nSPS) is 15.0. The molecule has 2 aromatic carbocycles. The van der Waals surface area contributed by atoms with E-state index in [1.54, 1.807) is 39.0 Å². The smallest absolute Gasteiger partial charge is 0.194 e. The molecule has 0 amide bonds. The Hall–Kier alpha value is -3.80. The number of aryl methyl sites for hydroxylation is 2. The lowest BCUT2D eigenvalue weighted by atomic mass is 9.80. The van der Waals surface area contributed by atoms with Crippen LogP contribution in [0.4, 0.5) is 0 Å². The minimum absolute atomic E-state index is 0.113. The predicted octanol–water partition coefficient (Wildman–Crippen LogP) is 5.28. The van der Waals surface area contributed by atoms with Gasteiger partial charge in [0.15, 0.2) is 23.1 Å². The number of hydrogen-bond acceptors (Lipinski definition) is 6. The van der Waals surface area contributed by atoms with Crippen molar-refractivity contribution in [2.24, 2.45) is 0 Å². The summed E-state index contributed by atoms with van der Waals surface area (Å²) in [5.41, 5.74) is 2.63. The Morgan fingerprint density at radius 1 is 0.676 bits per heavy atom. The van der Waals surface area contributed by atoms with Gasteiger partial charge < -0.3 is 9.47 Å². The monoisotopic (exact) mass is 458 g/mol. The molecular weight excluding hydrogens is 432 g/mol. The van der Waals surface area contributed by atoms with E-state index in [-0.39, 0.29) is 68.9 Å². The fourth-order valence-electron chi connectivity index (χ4n) is 4.37. The largest absolute Gasteiger partial charge is 0.490 e. The summed E-state index contributed by atoms with van der Waals surface area (Å²) in [4.78, 5) is 52.4. The molecule has 0 N–H and O–H groups in total. The lowest BCUT2D eigenvalue weighted by molar-refractivity contribution is 0.0987. The molecule has 174 valence electrons. The molecule has 0 aliphatic heterocycles. The zero-order valence-corrected chi connectivity index (χ0v) is 20.1. The van der Waals surface area contributed by atoms with E-state index in [9.17, 15) is 19.2 Å². The number of fused-ring (bicyclic) bond motifs is 2.